The van der Waals surface area contributed by atoms with Crippen LogP contribution in [-0.4, -0.2) is 45.6 Å². The fourth-order valence-corrected chi connectivity index (χ4v) is 4.17. The fourth-order valence-electron chi connectivity index (χ4n) is 3.32. The molecule has 1 fully saturated rings. The summed E-state index contributed by atoms with van der Waals surface area (Å²) in [5.74, 6) is 0.687. The van der Waals surface area contributed by atoms with Gasteiger partial charge in [0.2, 0.25) is 5.95 Å². The number of nitro benzene ring substituents is 1. The molecule has 9 heteroatoms. The minimum Gasteiger partial charge on any atom is -0.356 e. The van der Waals surface area contributed by atoms with Crippen LogP contribution in [0.5, 0.6) is 0 Å². The van der Waals surface area contributed by atoms with Gasteiger partial charge in [-0.05, 0) is 83.7 Å². The van der Waals surface area contributed by atoms with Crippen LogP contribution in [0.25, 0.3) is 11.0 Å². The lowest BCUT2D eigenvalue weighted by Crippen LogP contribution is -2.22. The number of nitro groups is 1. The average molecular weight is 475 g/mol. The van der Waals surface area contributed by atoms with Gasteiger partial charge in [-0.3, -0.25) is 10.1 Å². The second-order valence-corrected chi connectivity index (χ2v) is 7.80. The molecular formula is C16H21Br2N5O2. The average Bonchev–Trinajstić information content (AvgIpc) is 3.19. The highest BCUT2D eigenvalue weighted by Crippen LogP contribution is 2.39. The van der Waals surface area contributed by atoms with E-state index in [0.29, 0.717) is 27.0 Å². The van der Waals surface area contributed by atoms with E-state index in [0.717, 1.165) is 25.0 Å². The van der Waals surface area contributed by atoms with Gasteiger partial charge in [-0.15, -0.1) is 0 Å². The lowest BCUT2D eigenvalue weighted by atomic mass is 10.2. The number of benzene rings is 1. The normalized spacial score (nSPS) is 15.2. The summed E-state index contributed by atoms with van der Waals surface area (Å²) in [6.07, 6.45) is 3.63. The van der Waals surface area contributed by atoms with E-state index in [1.54, 1.807) is 0 Å². The predicted molar refractivity (Wildman–Crippen MR) is 106 cm³/mol. The van der Waals surface area contributed by atoms with Crippen molar-refractivity contribution >= 4 is 54.5 Å². The zero-order valence-electron chi connectivity index (χ0n) is 14.1. The Kier molecular flexibility index (Phi) is 5.96. The number of halogens is 2. The van der Waals surface area contributed by atoms with Gasteiger partial charge in [0.25, 0.3) is 0 Å². The SMILES string of the molecule is CCn1c(NCCCN2CCCC2)nc2c([N+](=O)[O-])c(Br)c(Br)cc21. The van der Waals surface area contributed by atoms with Gasteiger partial charge in [-0.2, -0.15) is 0 Å². The minimum atomic E-state index is -0.388. The Labute approximate surface area is 163 Å². The maximum atomic E-state index is 11.5. The number of nitrogens with one attached hydrogen (secondary N) is 1. The number of likely N-dealkylation sites (tertiary alicyclic amines) is 1. The van der Waals surface area contributed by atoms with Crippen LogP contribution in [0, 0.1) is 10.1 Å². The van der Waals surface area contributed by atoms with Crippen molar-refractivity contribution in [3.05, 3.63) is 25.1 Å². The molecule has 2 heterocycles. The van der Waals surface area contributed by atoms with Crippen LogP contribution in [0.1, 0.15) is 26.2 Å². The lowest BCUT2D eigenvalue weighted by molar-refractivity contribution is -0.384. The van der Waals surface area contributed by atoms with Gasteiger partial charge in [-0.1, -0.05) is 0 Å². The highest BCUT2D eigenvalue weighted by atomic mass is 79.9. The van der Waals surface area contributed by atoms with Crippen molar-refractivity contribution in [2.24, 2.45) is 0 Å². The predicted octanol–water partition coefficient (Wildman–Crippen LogP) is 4.39. The number of hydrogen-bond acceptors (Lipinski definition) is 5. The molecule has 0 bridgehead atoms. The van der Waals surface area contributed by atoms with Crippen molar-refractivity contribution in [3.63, 3.8) is 0 Å². The Morgan fingerprint density at radius 1 is 1.36 bits per heavy atom. The third kappa shape index (κ3) is 3.83. The molecule has 3 rings (SSSR count). The first-order valence-electron chi connectivity index (χ1n) is 8.51. The molecule has 25 heavy (non-hydrogen) atoms. The topological polar surface area (TPSA) is 76.2 Å². The van der Waals surface area contributed by atoms with Crippen LogP contribution in [0.3, 0.4) is 0 Å². The van der Waals surface area contributed by atoms with E-state index in [1.165, 1.54) is 25.9 Å². The number of hydrogen-bond donors (Lipinski definition) is 1. The maximum Gasteiger partial charge on any atom is 0.312 e. The van der Waals surface area contributed by atoms with Crippen molar-refractivity contribution in [3.8, 4) is 0 Å². The van der Waals surface area contributed by atoms with Crippen LogP contribution in [0.2, 0.25) is 0 Å². The summed E-state index contributed by atoms with van der Waals surface area (Å²) >= 11 is 6.69. The largest absolute Gasteiger partial charge is 0.356 e. The van der Waals surface area contributed by atoms with Crippen LogP contribution in [0.4, 0.5) is 11.6 Å². The second-order valence-electron chi connectivity index (χ2n) is 6.15. The van der Waals surface area contributed by atoms with Gasteiger partial charge < -0.3 is 14.8 Å². The smallest absolute Gasteiger partial charge is 0.312 e. The molecule has 1 aromatic carbocycles. The summed E-state index contributed by atoms with van der Waals surface area (Å²) in [4.78, 5) is 18.1. The first-order chi connectivity index (χ1) is 12.0. The molecule has 0 amide bonds. The number of aryl methyl sites for hydroxylation is 1. The van der Waals surface area contributed by atoms with Gasteiger partial charge in [0, 0.05) is 17.6 Å². The minimum absolute atomic E-state index is 0.00306. The first-order valence-corrected chi connectivity index (χ1v) is 10.1. The van der Waals surface area contributed by atoms with Crippen LogP contribution in [0.15, 0.2) is 15.0 Å². The molecule has 0 atom stereocenters. The molecule has 1 saturated heterocycles. The molecule has 2 aromatic rings. The quantitative estimate of drug-likeness (QED) is 0.366. The second kappa shape index (κ2) is 8.01. The highest BCUT2D eigenvalue weighted by molar-refractivity contribution is 9.13. The monoisotopic (exact) mass is 473 g/mol. The Bertz CT molecular complexity index is 787. The fraction of sp³-hybridized carbons (Fsp3) is 0.562. The molecule has 0 aliphatic carbocycles. The Hall–Kier alpha value is -1.19. The molecule has 7 nitrogen and oxygen atoms in total. The zero-order chi connectivity index (χ0) is 18.0. The van der Waals surface area contributed by atoms with E-state index in [4.69, 9.17) is 0 Å². The van der Waals surface area contributed by atoms with Crippen LogP contribution < -0.4 is 5.32 Å². The number of anilines is 1. The van der Waals surface area contributed by atoms with Gasteiger partial charge in [0.05, 0.1) is 10.4 Å². The van der Waals surface area contributed by atoms with E-state index in [2.05, 4.69) is 47.1 Å². The molecule has 0 radical (unpaired) electrons. The summed E-state index contributed by atoms with van der Waals surface area (Å²) < 4.78 is 3.06. The molecule has 0 saturated carbocycles. The highest BCUT2D eigenvalue weighted by Gasteiger charge is 2.25. The van der Waals surface area contributed by atoms with Crippen molar-refractivity contribution < 1.29 is 4.92 Å². The molecular weight excluding hydrogens is 454 g/mol. The third-order valence-electron chi connectivity index (χ3n) is 4.54. The van der Waals surface area contributed by atoms with Gasteiger partial charge in [0.1, 0.15) is 4.47 Å². The summed E-state index contributed by atoms with van der Waals surface area (Å²) in [6.45, 7) is 6.98. The van der Waals surface area contributed by atoms with Gasteiger partial charge in [0.15, 0.2) is 5.52 Å². The van der Waals surface area contributed by atoms with Crippen LogP contribution >= 0.6 is 31.9 Å². The van der Waals surface area contributed by atoms with Gasteiger partial charge in [-0.25, -0.2) is 4.98 Å². The van der Waals surface area contributed by atoms with E-state index >= 15 is 0 Å². The van der Waals surface area contributed by atoms with Gasteiger partial charge >= 0.3 is 5.69 Å². The lowest BCUT2D eigenvalue weighted by Gasteiger charge is -2.14. The number of imidazole rings is 1. The summed E-state index contributed by atoms with van der Waals surface area (Å²) in [6, 6.07) is 1.87. The van der Waals surface area contributed by atoms with E-state index in [1.807, 2.05) is 17.6 Å². The standard InChI is InChI=1S/C16H21Br2N5O2/c1-2-22-12-10-11(17)13(18)15(23(24)25)14(12)20-16(22)19-6-5-9-21-7-3-4-8-21/h10H,2-9H2,1H3,(H,19,20). The maximum absolute atomic E-state index is 11.5. The van der Waals surface area contributed by atoms with E-state index in [9.17, 15) is 10.1 Å². The summed E-state index contributed by atoms with van der Waals surface area (Å²) in [5.41, 5.74) is 1.16. The molecule has 1 aromatic heterocycles. The molecule has 1 aliphatic heterocycles. The molecule has 0 spiro atoms. The first kappa shape index (κ1) is 18.6. The Morgan fingerprint density at radius 3 is 2.72 bits per heavy atom. The molecule has 1 N–H and O–H groups in total. The van der Waals surface area contributed by atoms with Crippen LogP contribution in [-0.2, 0) is 6.54 Å². The van der Waals surface area contributed by atoms with Crippen molar-refractivity contribution in [1.82, 2.24) is 14.5 Å². The Balaban J connectivity index is 1.82. The Morgan fingerprint density at radius 2 is 2.08 bits per heavy atom. The number of rotatable bonds is 7. The van der Waals surface area contributed by atoms with Crippen molar-refractivity contribution in [2.45, 2.75) is 32.7 Å². The summed E-state index contributed by atoms with van der Waals surface area (Å²) in [7, 11) is 0. The van der Waals surface area contributed by atoms with Crippen molar-refractivity contribution in [1.29, 1.82) is 0 Å². The molecule has 0 unspecified atom stereocenters. The number of aromatic nitrogens is 2. The van der Waals surface area contributed by atoms with E-state index in [-0.39, 0.29) is 10.6 Å². The number of nitrogens with zero attached hydrogens (tertiary/aromatic N) is 4. The van der Waals surface area contributed by atoms with E-state index < -0.39 is 0 Å². The summed E-state index contributed by atoms with van der Waals surface area (Å²) in [5, 5.41) is 14.8. The van der Waals surface area contributed by atoms with Crippen molar-refractivity contribution in [2.75, 3.05) is 31.5 Å². The zero-order valence-corrected chi connectivity index (χ0v) is 17.3. The molecule has 1 aliphatic rings. The third-order valence-corrected chi connectivity index (χ3v) is 6.50. The number of fused-ring (bicyclic) bond motifs is 1. The molecule has 136 valence electrons.